The van der Waals surface area contributed by atoms with Gasteiger partial charge in [-0.05, 0) is 18.4 Å². The number of hydrogen-bond acceptors (Lipinski definition) is 1. The van der Waals surface area contributed by atoms with Crippen molar-refractivity contribution in [3.05, 3.63) is 35.1 Å². The van der Waals surface area contributed by atoms with Crippen molar-refractivity contribution in [2.45, 2.75) is 26.3 Å². The summed E-state index contributed by atoms with van der Waals surface area (Å²) >= 11 is 0. The molecule has 0 aliphatic carbocycles. The van der Waals surface area contributed by atoms with Crippen LogP contribution in [0.15, 0.2) is 12.1 Å². The molecule has 84 valence electrons. The molecular formula is C11H14F3N. The van der Waals surface area contributed by atoms with Crippen molar-refractivity contribution in [2.24, 2.45) is 11.7 Å². The first-order valence-corrected chi connectivity index (χ1v) is 4.81. The zero-order valence-corrected chi connectivity index (χ0v) is 8.73. The van der Waals surface area contributed by atoms with Crippen LogP contribution in [-0.2, 0) is 0 Å². The average molecular weight is 217 g/mol. The summed E-state index contributed by atoms with van der Waals surface area (Å²) in [6, 6.07) is 0.767. The van der Waals surface area contributed by atoms with Crippen molar-refractivity contribution in [1.82, 2.24) is 0 Å². The molecule has 0 unspecified atom stereocenters. The molecule has 1 atom stereocenters. The number of hydrogen-bond donors (Lipinski definition) is 1. The van der Waals surface area contributed by atoms with Gasteiger partial charge in [0, 0.05) is 17.7 Å². The molecule has 0 aliphatic rings. The molecule has 0 fully saturated rings. The van der Waals surface area contributed by atoms with Gasteiger partial charge < -0.3 is 5.73 Å². The maximum Gasteiger partial charge on any atom is 0.161 e. The largest absolute Gasteiger partial charge is 0.324 e. The van der Waals surface area contributed by atoms with Crippen LogP contribution in [-0.4, -0.2) is 0 Å². The summed E-state index contributed by atoms with van der Waals surface area (Å²) in [5.41, 5.74) is 5.72. The van der Waals surface area contributed by atoms with Crippen molar-refractivity contribution < 1.29 is 13.2 Å². The lowest BCUT2D eigenvalue weighted by Gasteiger charge is -2.15. The van der Waals surface area contributed by atoms with Gasteiger partial charge in [-0.25, -0.2) is 13.2 Å². The molecule has 0 saturated heterocycles. The third kappa shape index (κ3) is 2.96. The number of nitrogens with two attached hydrogens (primary N) is 1. The van der Waals surface area contributed by atoms with Crippen molar-refractivity contribution in [1.29, 1.82) is 0 Å². The van der Waals surface area contributed by atoms with E-state index in [-0.39, 0.29) is 11.5 Å². The molecule has 1 aromatic carbocycles. The maximum absolute atomic E-state index is 13.2. The predicted molar refractivity (Wildman–Crippen MR) is 52.7 cm³/mol. The summed E-state index contributed by atoms with van der Waals surface area (Å²) in [5.74, 6) is -2.77. The van der Waals surface area contributed by atoms with Gasteiger partial charge in [0.25, 0.3) is 0 Å². The monoisotopic (exact) mass is 217 g/mol. The van der Waals surface area contributed by atoms with Crippen LogP contribution in [0.25, 0.3) is 0 Å². The van der Waals surface area contributed by atoms with Crippen LogP contribution in [0.2, 0.25) is 0 Å². The quantitative estimate of drug-likeness (QED) is 0.773. The normalized spacial score (nSPS) is 13.3. The Morgan fingerprint density at radius 2 is 1.60 bits per heavy atom. The highest BCUT2D eigenvalue weighted by Crippen LogP contribution is 2.23. The van der Waals surface area contributed by atoms with Gasteiger partial charge in [0.1, 0.15) is 5.82 Å². The van der Waals surface area contributed by atoms with Crippen LogP contribution in [0, 0.1) is 23.4 Å². The highest BCUT2D eigenvalue weighted by atomic mass is 19.2. The molecule has 0 saturated carbocycles. The average Bonchev–Trinajstić information content (AvgIpc) is 2.09. The number of rotatable bonds is 3. The van der Waals surface area contributed by atoms with Gasteiger partial charge in [0.15, 0.2) is 11.6 Å². The lowest BCUT2D eigenvalue weighted by Crippen LogP contribution is -2.15. The fourth-order valence-corrected chi connectivity index (χ4v) is 1.46. The Morgan fingerprint density at radius 1 is 1.07 bits per heavy atom. The van der Waals surface area contributed by atoms with E-state index in [4.69, 9.17) is 5.73 Å². The molecule has 0 aliphatic heterocycles. The number of benzene rings is 1. The zero-order chi connectivity index (χ0) is 11.6. The lowest BCUT2D eigenvalue weighted by molar-refractivity contribution is 0.462. The molecule has 0 aromatic heterocycles. The Labute approximate surface area is 87.1 Å². The summed E-state index contributed by atoms with van der Waals surface area (Å²) in [4.78, 5) is 0. The molecule has 0 bridgehead atoms. The second kappa shape index (κ2) is 4.66. The predicted octanol–water partition coefficient (Wildman–Crippen LogP) is 3.15. The zero-order valence-electron chi connectivity index (χ0n) is 8.73. The summed E-state index contributed by atoms with van der Waals surface area (Å²) in [6.07, 6.45) is 0.530. The van der Waals surface area contributed by atoms with E-state index in [1.54, 1.807) is 0 Å². The van der Waals surface area contributed by atoms with E-state index in [1.165, 1.54) is 0 Å². The Bertz CT molecular complexity index is 350. The summed E-state index contributed by atoms with van der Waals surface area (Å²) in [7, 11) is 0. The molecule has 1 rings (SSSR count). The van der Waals surface area contributed by atoms with Crippen LogP contribution in [0.3, 0.4) is 0 Å². The Balaban J connectivity index is 2.98. The van der Waals surface area contributed by atoms with Gasteiger partial charge in [0.2, 0.25) is 0 Å². The molecule has 2 N–H and O–H groups in total. The molecule has 4 heteroatoms. The first-order valence-electron chi connectivity index (χ1n) is 4.81. The van der Waals surface area contributed by atoms with Crippen molar-refractivity contribution in [3.63, 3.8) is 0 Å². The van der Waals surface area contributed by atoms with E-state index in [9.17, 15) is 13.2 Å². The van der Waals surface area contributed by atoms with Crippen molar-refractivity contribution in [3.8, 4) is 0 Å². The minimum Gasteiger partial charge on any atom is -0.324 e. The molecule has 0 heterocycles. The second-order valence-corrected chi connectivity index (χ2v) is 4.02. The second-order valence-electron chi connectivity index (χ2n) is 4.02. The van der Waals surface area contributed by atoms with Gasteiger partial charge >= 0.3 is 0 Å². The van der Waals surface area contributed by atoms with E-state index in [0.717, 1.165) is 6.07 Å². The van der Waals surface area contributed by atoms with Crippen LogP contribution in [0.5, 0.6) is 0 Å². The fraction of sp³-hybridized carbons (Fsp3) is 0.455. The Hall–Kier alpha value is -1.03. The number of halogens is 3. The molecule has 0 amide bonds. The minimum absolute atomic E-state index is 0.0302. The van der Waals surface area contributed by atoms with Gasteiger partial charge in [-0.2, -0.15) is 0 Å². The SMILES string of the molecule is CC(C)C[C@@H](N)c1cc(F)c(F)cc1F. The molecular weight excluding hydrogens is 203 g/mol. The molecule has 15 heavy (non-hydrogen) atoms. The topological polar surface area (TPSA) is 26.0 Å². The van der Waals surface area contributed by atoms with Crippen LogP contribution in [0.1, 0.15) is 31.9 Å². The van der Waals surface area contributed by atoms with Gasteiger partial charge in [-0.1, -0.05) is 13.8 Å². The molecule has 0 spiro atoms. The maximum atomic E-state index is 13.2. The third-order valence-corrected chi connectivity index (χ3v) is 2.16. The summed E-state index contributed by atoms with van der Waals surface area (Å²) < 4.78 is 38.7. The Morgan fingerprint density at radius 3 is 2.13 bits per heavy atom. The van der Waals surface area contributed by atoms with Crippen LogP contribution >= 0.6 is 0 Å². The lowest BCUT2D eigenvalue weighted by atomic mass is 9.97. The highest BCUT2D eigenvalue weighted by molar-refractivity contribution is 5.23. The van der Waals surface area contributed by atoms with E-state index in [2.05, 4.69) is 0 Å². The van der Waals surface area contributed by atoms with E-state index in [1.807, 2.05) is 13.8 Å². The highest BCUT2D eigenvalue weighted by Gasteiger charge is 2.16. The van der Waals surface area contributed by atoms with Gasteiger partial charge in [-0.15, -0.1) is 0 Å². The van der Waals surface area contributed by atoms with Crippen LogP contribution in [0.4, 0.5) is 13.2 Å². The third-order valence-electron chi connectivity index (χ3n) is 2.16. The van der Waals surface area contributed by atoms with E-state index >= 15 is 0 Å². The Kier molecular flexibility index (Phi) is 3.74. The van der Waals surface area contributed by atoms with Gasteiger partial charge in [-0.3, -0.25) is 0 Å². The fourth-order valence-electron chi connectivity index (χ4n) is 1.46. The minimum atomic E-state index is -1.19. The van der Waals surface area contributed by atoms with E-state index in [0.29, 0.717) is 12.5 Å². The van der Waals surface area contributed by atoms with Gasteiger partial charge in [0.05, 0.1) is 0 Å². The first-order chi connectivity index (χ1) is 6.91. The van der Waals surface area contributed by atoms with Crippen molar-refractivity contribution >= 4 is 0 Å². The molecule has 1 aromatic rings. The van der Waals surface area contributed by atoms with Crippen molar-refractivity contribution in [2.75, 3.05) is 0 Å². The van der Waals surface area contributed by atoms with E-state index < -0.39 is 23.5 Å². The standard InChI is InChI=1S/C11H14F3N/c1-6(2)3-11(15)7-4-9(13)10(14)5-8(7)12/h4-6,11H,3,15H2,1-2H3/t11-/m1/s1. The molecule has 0 radical (unpaired) electrons. The summed E-state index contributed by atoms with van der Waals surface area (Å²) in [5, 5.41) is 0. The first kappa shape index (κ1) is 12.0. The van der Waals surface area contributed by atoms with Crippen LogP contribution < -0.4 is 5.73 Å². The molecule has 1 nitrogen and oxygen atoms in total. The smallest absolute Gasteiger partial charge is 0.161 e. The summed E-state index contributed by atoms with van der Waals surface area (Å²) in [6.45, 7) is 3.86.